The Balaban J connectivity index is 2.53. The molecule has 0 unspecified atom stereocenters. The lowest BCUT2D eigenvalue weighted by atomic mass is 10.1. The van der Waals surface area contributed by atoms with Gasteiger partial charge in [-0.1, -0.05) is 22.0 Å². The summed E-state index contributed by atoms with van der Waals surface area (Å²) in [6, 6.07) is 5.94. The lowest BCUT2D eigenvalue weighted by Crippen LogP contribution is -1.93. The van der Waals surface area contributed by atoms with Crippen LogP contribution < -0.4 is 4.74 Å². The number of nitrogens with zero attached hydrogens (tertiary/aromatic N) is 2. The molecular weight excluding hydrogens is 268 g/mol. The predicted octanol–water partition coefficient (Wildman–Crippen LogP) is 3.05. The van der Waals surface area contributed by atoms with Gasteiger partial charge in [-0.15, -0.1) is 0 Å². The van der Waals surface area contributed by atoms with Crippen LogP contribution in [0.2, 0.25) is 0 Å². The summed E-state index contributed by atoms with van der Waals surface area (Å²) in [4.78, 5) is 8.36. The quantitative estimate of drug-likeness (QED) is 0.810. The number of halogens is 1. The van der Waals surface area contributed by atoms with Gasteiger partial charge in [0.2, 0.25) is 5.88 Å². The van der Waals surface area contributed by atoms with Crippen molar-refractivity contribution in [1.29, 1.82) is 0 Å². The maximum absolute atomic E-state index is 5.25. The Bertz CT molecular complexity index is 474. The fourth-order valence-electron chi connectivity index (χ4n) is 1.46. The van der Waals surface area contributed by atoms with Crippen LogP contribution in [0.5, 0.6) is 5.88 Å². The van der Waals surface area contributed by atoms with Crippen LogP contribution in [0.3, 0.4) is 0 Å². The molecular formula is C12H11BrN2O. The van der Waals surface area contributed by atoms with Gasteiger partial charge in [0.05, 0.1) is 7.11 Å². The van der Waals surface area contributed by atoms with Gasteiger partial charge in [0.15, 0.2) is 0 Å². The highest BCUT2D eigenvalue weighted by Crippen LogP contribution is 2.28. The van der Waals surface area contributed by atoms with Crippen molar-refractivity contribution in [3.63, 3.8) is 0 Å². The van der Waals surface area contributed by atoms with Gasteiger partial charge >= 0.3 is 0 Å². The van der Waals surface area contributed by atoms with Crippen molar-refractivity contribution in [1.82, 2.24) is 9.97 Å². The molecule has 0 amide bonds. The van der Waals surface area contributed by atoms with Gasteiger partial charge < -0.3 is 4.74 Å². The Labute approximate surface area is 103 Å². The maximum Gasteiger partial charge on any atom is 0.221 e. The molecule has 2 rings (SSSR count). The number of methoxy groups -OCH3 is 1. The molecule has 0 saturated carbocycles. The third-order valence-corrected chi connectivity index (χ3v) is 2.88. The van der Waals surface area contributed by atoms with Crippen LogP contribution in [0.1, 0.15) is 5.56 Å². The largest absolute Gasteiger partial charge is 0.481 e. The lowest BCUT2D eigenvalue weighted by molar-refractivity contribution is 0.399. The number of ether oxygens (including phenoxy) is 1. The second-order valence-corrected chi connectivity index (χ2v) is 3.84. The fraction of sp³-hybridized carbons (Fsp3) is 0.167. The highest BCUT2D eigenvalue weighted by molar-refractivity contribution is 9.08. The van der Waals surface area contributed by atoms with Crippen molar-refractivity contribution >= 4 is 15.9 Å². The summed E-state index contributed by atoms with van der Waals surface area (Å²) in [6.07, 6.45) is 5.35. The summed E-state index contributed by atoms with van der Waals surface area (Å²) in [5, 5.41) is 0.775. The summed E-state index contributed by atoms with van der Waals surface area (Å²) in [5.74, 6) is 0.623. The van der Waals surface area contributed by atoms with Gasteiger partial charge in [-0.3, -0.25) is 4.98 Å². The molecule has 82 valence electrons. The number of hydrogen-bond donors (Lipinski definition) is 0. The van der Waals surface area contributed by atoms with Crippen LogP contribution in [0, 0.1) is 0 Å². The molecule has 0 bridgehead atoms. The van der Waals surface area contributed by atoms with E-state index in [0.717, 1.165) is 22.0 Å². The van der Waals surface area contributed by atoms with Gasteiger partial charge in [0.1, 0.15) is 0 Å². The normalized spacial score (nSPS) is 10.1. The van der Waals surface area contributed by atoms with E-state index in [-0.39, 0.29) is 0 Å². The molecule has 0 aliphatic carbocycles. The zero-order chi connectivity index (χ0) is 11.4. The van der Waals surface area contributed by atoms with Crippen molar-refractivity contribution < 1.29 is 4.74 Å². The van der Waals surface area contributed by atoms with Crippen molar-refractivity contribution in [2.75, 3.05) is 7.11 Å². The van der Waals surface area contributed by atoms with Crippen LogP contribution in [0.4, 0.5) is 0 Å². The summed E-state index contributed by atoms with van der Waals surface area (Å²) < 4.78 is 5.25. The van der Waals surface area contributed by atoms with Crippen molar-refractivity contribution in [2.24, 2.45) is 0 Å². The number of hydrogen-bond acceptors (Lipinski definition) is 3. The smallest absolute Gasteiger partial charge is 0.221 e. The molecule has 16 heavy (non-hydrogen) atoms. The Kier molecular flexibility index (Phi) is 3.51. The lowest BCUT2D eigenvalue weighted by Gasteiger charge is -2.08. The van der Waals surface area contributed by atoms with Crippen LogP contribution in [0.15, 0.2) is 36.8 Å². The highest BCUT2D eigenvalue weighted by atomic mass is 79.9. The molecule has 0 N–H and O–H groups in total. The summed E-state index contributed by atoms with van der Waals surface area (Å²) >= 11 is 3.41. The van der Waals surface area contributed by atoms with Gasteiger partial charge in [-0.25, -0.2) is 4.98 Å². The van der Waals surface area contributed by atoms with E-state index >= 15 is 0 Å². The number of aromatic nitrogens is 2. The molecule has 0 aromatic carbocycles. The van der Waals surface area contributed by atoms with Gasteiger partial charge in [0.25, 0.3) is 0 Å². The van der Waals surface area contributed by atoms with Crippen LogP contribution in [-0.4, -0.2) is 17.1 Å². The second kappa shape index (κ2) is 5.07. The average Bonchev–Trinajstić information content (AvgIpc) is 2.39. The fourth-order valence-corrected chi connectivity index (χ4v) is 1.77. The molecule has 2 heterocycles. The van der Waals surface area contributed by atoms with Crippen LogP contribution >= 0.6 is 15.9 Å². The van der Waals surface area contributed by atoms with E-state index in [1.54, 1.807) is 25.7 Å². The van der Waals surface area contributed by atoms with E-state index in [0.29, 0.717) is 5.88 Å². The Morgan fingerprint density at radius 3 is 2.88 bits per heavy atom. The minimum absolute atomic E-state index is 0.623. The molecule has 2 aromatic rings. The van der Waals surface area contributed by atoms with Crippen molar-refractivity contribution in [3.8, 4) is 17.0 Å². The Morgan fingerprint density at radius 2 is 2.25 bits per heavy atom. The third-order valence-electron chi connectivity index (χ3n) is 2.23. The zero-order valence-corrected chi connectivity index (χ0v) is 10.4. The molecule has 0 atom stereocenters. The third kappa shape index (κ3) is 2.22. The van der Waals surface area contributed by atoms with Crippen LogP contribution in [0.25, 0.3) is 11.1 Å². The first-order valence-corrected chi connectivity index (χ1v) is 5.96. The monoisotopic (exact) mass is 278 g/mol. The molecule has 0 saturated heterocycles. The van der Waals surface area contributed by atoms with E-state index < -0.39 is 0 Å². The van der Waals surface area contributed by atoms with E-state index in [1.165, 1.54) is 0 Å². The SMILES string of the molecule is COc1ncc(CBr)cc1-c1cccnc1. The van der Waals surface area contributed by atoms with Gasteiger partial charge in [-0.2, -0.15) is 0 Å². The molecule has 0 fully saturated rings. The first kappa shape index (κ1) is 11.1. The van der Waals surface area contributed by atoms with E-state index in [1.807, 2.05) is 12.1 Å². The van der Waals surface area contributed by atoms with Gasteiger partial charge in [-0.05, 0) is 17.7 Å². The Morgan fingerprint density at radius 1 is 1.38 bits per heavy atom. The first-order valence-electron chi connectivity index (χ1n) is 4.84. The molecule has 0 spiro atoms. The number of rotatable bonds is 3. The summed E-state index contributed by atoms with van der Waals surface area (Å²) in [6.45, 7) is 0. The second-order valence-electron chi connectivity index (χ2n) is 3.28. The molecule has 0 aliphatic rings. The van der Waals surface area contributed by atoms with Gasteiger partial charge in [0, 0.05) is 35.0 Å². The number of pyridine rings is 2. The molecule has 0 radical (unpaired) electrons. The number of alkyl halides is 1. The van der Waals surface area contributed by atoms with Crippen LogP contribution in [-0.2, 0) is 5.33 Å². The Hall–Kier alpha value is -1.42. The first-order chi connectivity index (χ1) is 7.85. The average molecular weight is 279 g/mol. The predicted molar refractivity (Wildman–Crippen MR) is 66.7 cm³/mol. The van der Waals surface area contributed by atoms with Crippen molar-refractivity contribution in [3.05, 3.63) is 42.4 Å². The highest BCUT2D eigenvalue weighted by Gasteiger charge is 2.08. The topological polar surface area (TPSA) is 35.0 Å². The van der Waals surface area contributed by atoms with E-state index in [4.69, 9.17) is 4.74 Å². The molecule has 2 aromatic heterocycles. The maximum atomic E-state index is 5.25. The zero-order valence-electron chi connectivity index (χ0n) is 8.85. The van der Waals surface area contributed by atoms with Crippen molar-refractivity contribution in [2.45, 2.75) is 5.33 Å². The van der Waals surface area contributed by atoms with E-state index in [9.17, 15) is 0 Å². The minimum Gasteiger partial charge on any atom is -0.481 e. The minimum atomic E-state index is 0.623. The summed E-state index contributed by atoms with van der Waals surface area (Å²) in [7, 11) is 1.62. The summed E-state index contributed by atoms with van der Waals surface area (Å²) in [5.41, 5.74) is 3.09. The molecule has 3 nitrogen and oxygen atoms in total. The van der Waals surface area contributed by atoms with E-state index in [2.05, 4.69) is 32.0 Å². The molecule has 0 aliphatic heterocycles. The standard InChI is InChI=1S/C12H11BrN2O/c1-16-12-11(5-9(6-13)7-15-12)10-3-2-4-14-8-10/h2-5,7-8H,6H2,1H3. The molecule has 4 heteroatoms.